The molecule has 25 heavy (non-hydrogen) atoms. The maximum absolute atomic E-state index is 5.88. The van der Waals surface area contributed by atoms with Gasteiger partial charge in [0.15, 0.2) is 11.7 Å². The van der Waals surface area contributed by atoms with Crippen LogP contribution in [0.4, 0.5) is 0 Å². The van der Waals surface area contributed by atoms with Crippen molar-refractivity contribution in [2.45, 2.75) is 46.3 Å². The van der Waals surface area contributed by atoms with Crippen molar-refractivity contribution < 1.29 is 9.26 Å². The summed E-state index contributed by atoms with van der Waals surface area (Å²) in [5.74, 6) is 2.71. The Balaban J connectivity index is 1.76. The van der Waals surface area contributed by atoms with Gasteiger partial charge in [-0.25, -0.2) is 0 Å². The Morgan fingerprint density at radius 2 is 1.92 bits per heavy atom. The highest BCUT2D eigenvalue weighted by molar-refractivity contribution is 5.79. The van der Waals surface area contributed by atoms with E-state index in [0.29, 0.717) is 25.0 Å². The molecule has 1 heterocycles. The second kappa shape index (κ2) is 9.11. The average molecular weight is 344 g/mol. The standard InChI is InChI=1S/C19H28N4O2/c1-13(2)18-10-17(25-23-18)12-22-19(20-5)21-11-15(4)24-16-8-6-14(3)7-9-16/h6-10,13,15H,11-12H2,1-5H3,(H2,20,21,22). The van der Waals surface area contributed by atoms with Crippen molar-refractivity contribution in [1.82, 2.24) is 15.8 Å². The minimum Gasteiger partial charge on any atom is -0.489 e. The molecule has 6 heteroatoms. The van der Waals surface area contributed by atoms with Crippen LogP contribution in [0.2, 0.25) is 0 Å². The van der Waals surface area contributed by atoms with Crippen LogP contribution in [0.25, 0.3) is 0 Å². The van der Waals surface area contributed by atoms with Gasteiger partial charge in [-0.15, -0.1) is 0 Å². The van der Waals surface area contributed by atoms with Crippen molar-refractivity contribution in [3.63, 3.8) is 0 Å². The van der Waals surface area contributed by atoms with E-state index in [0.717, 1.165) is 17.2 Å². The second-order valence-electron chi connectivity index (χ2n) is 6.42. The van der Waals surface area contributed by atoms with E-state index in [1.165, 1.54) is 5.56 Å². The van der Waals surface area contributed by atoms with E-state index >= 15 is 0 Å². The zero-order chi connectivity index (χ0) is 18.2. The Bertz CT molecular complexity index is 677. The molecule has 1 aromatic carbocycles. The molecule has 0 amide bonds. The van der Waals surface area contributed by atoms with Crippen LogP contribution in [-0.2, 0) is 6.54 Å². The molecule has 2 aromatic rings. The van der Waals surface area contributed by atoms with Crippen LogP contribution < -0.4 is 15.4 Å². The quantitative estimate of drug-likeness (QED) is 0.596. The van der Waals surface area contributed by atoms with Gasteiger partial charge in [0.25, 0.3) is 0 Å². The third kappa shape index (κ3) is 6.14. The number of nitrogens with one attached hydrogen (secondary N) is 2. The molecular formula is C19H28N4O2. The SMILES string of the molecule is CN=C(NCc1cc(C(C)C)no1)NCC(C)Oc1ccc(C)cc1. The third-order valence-corrected chi connectivity index (χ3v) is 3.74. The number of aliphatic imine (C=N–C) groups is 1. The fourth-order valence-corrected chi connectivity index (χ4v) is 2.21. The minimum absolute atomic E-state index is 0.0130. The predicted octanol–water partition coefficient (Wildman–Crippen LogP) is 3.24. The van der Waals surface area contributed by atoms with Crippen molar-refractivity contribution in [1.29, 1.82) is 0 Å². The molecular weight excluding hydrogens is 316 g/mol. The Kier molecular flexibility index (Phi) is 6.86. The summed E-state index contributed by atoms with van der Waals surface area (Å²) in [5, 5.41) is 10.5. The molecule has 6 nitrogen and oxygen atoms in total. The lowest BCUT2D eigenvalue weighted by Gasteiger charge is -2.17. The lowest BCUT2D eigenvalue weighted by Crippen LogP contribution is -2.41. The lowest BCUT2D eigenvalue weighted by molar-refractivity contribution is 0.223. The van der Waals surface area contributed by atoms with Crippen LogP contribution >= 0.6 is 0 Å². The lowest BCUT2D eigenvalue weighted by atomic mass is 10.1. The molecule has 0 aliphatic carbocycles. The number of nitrogens with zero attached hydrogens (tertiary/aromatic N) is 2. The van der Waals surface area contributed by atoms with Gasteiger partial charge in [0.2, 0.25) is 0 Å². The number of hydrogen-bond acceptors (Lipinski definition) is 4. The number of hydrogen-bond donors (Lipinski definition) is 2. The minimum atomic E-state index is 0.0130. The van der Waals surface area contributed by atoms with Crippen molar-refractivity contribution in [2.75, 3.05) is 13.6 Å². The molecule has 0 aliphatic heterocycles. The van der Waals surface area contributed by atoms with Gasteiger partial charge in [-0.05, 0) is 31.9 Å². The highest BCUT2D eigenvalue weighted by Gasteiger charge is 2.09. The van der Waals surface area contributed by atoms with Gasteiger partial charge in [-0.3, -0.25) is 4.99 Å². The van der Waals surface area contributed by atoms with Crippen LogP contribution in [0.15, 0.2) is 39.8 Å². The molecule has 0 radical (unpaired) electrons. The largest absolute Gasteiger partial charge is 0.489 e. The fraction of sp³-hybridized carbons (Fsp3) is 0.474. The molecule has 0 spiro atoms. The Hall–Kier alpha value is -2.50. The summed E-state index contributed by atoms with van der Waals surface area (Å²) in [7, 11) is 1.74. The van der Waals surface area contributed by atoms with Crippen LogP contribution in [0.5, 0.6) is 5.75 Å². The Morgan fingerprint density at radius 1 is 1.20 bits per heavy atom. The fourth-order valence-electron chi connectivity index (χ4n) is 2.21. The van der Waals surface area contributed by atoms with E-state index < -0.39 is 0 Å². The van der Waals surface area contributed by atoms with E-state index in [4.69, 9.17) is 9.26 Å². The molecule has 0 fully saturated rings. The topological polar surface area (TPSA) is 71.7 Å². The molecule has 0 bridgehead atoms. The van der Waals surface area contributed by atoms with Crippen molar-refractivity contribution >= 4 is 5.96 Å². The van der Waals surface area contributed by atoms with Gasteiger partial charge >= 0.3 is 0 Å². The summed E-state index contributed by atoms with van der Waals surface area (Å²) < 4.78 is 11.2. The van der Waals surface area contributed by atoms with E-state index in [9.17, 15) is 0 Å². The number of guanidine groups is 1. The van der Waals surface area contributed by atoms with Crippen molar-refractivity contribution in [3.8, 4) is 5.75 Å². The zero-order valence-electron chi connectivity index (χ0n) is 15.7. The van der Waals surface area contributed by atoms with Gasteiger partial charge in [0, 0.05) is 13.1 Å². The Labute approximate surface area is 149 Å². The summed E-state index contributed by atoms with van der Waals surface area (Å²) in [6.07, 6.45) is 0.0130. The molecule has 0 saturated heterocycles. The number of benzene rings is 1. The molecule has 0 aliphatic rings. The van der Waals surface area contributed by atoms with Gasteiger partial charge in [-0.2, -0.15) is 0 Å². The maximum Gasteiger partial charge on any atom is 0.191 e. The first kappa shape index (κ1) is 18.8. The summed E-state index contributed by atoms with van der Waals surface area (Å²) >= 11 is 0. The molecule has 2 N–H and O–H groups in total. The van der Waals surface area contributed by atoms with Crippen LogP contribution in [-0.4, -0.2) is 30.8 Å². The van der Waals surface area contributed by atoms with E-state index in [1.54, 1.807) is 7.05 Å². The molecule has 136 valence electrons. The van der Waals surface area contributed by atoms with Gasteiger partial charge < -0.3 is 19.9 Å². The van der Waals surface area contributed by atoms with Crippen LogP contribution in [0.1, 0.15) is 43.7 Å². The Morgan fingerprint density at radius 3 is 2.52 bits per heavy atom. The van der Waals surface area contributed by atoms with E-state index in [2.05, 4.69) is 41.6 Å². The molecule has 1 aromatic heterocycles. The first-order chi connectivity index (χ1) is 12.0. The van der Waals surface area contributed by atoms with Gasteiger partial charge in [0.05, 0.1) is 18.8 Å². The monoisotopic (exact) mass is 344 g/mol. The molecule has 1 atom stereocenters. The van der Waals surface area contributed by atoms with E-state index in [1.807, 2.05) is 37.3 Å². The second-order valence-corrected chi connectivity index (χ2v) is 6.42. The predicted molar refractivity (Wildman–Crippen MR) is 100 cm³/mol. The first-order valence-electron chi connectivity index (χ1n) is 8.61. The highest BCUT2D eigenvalue weighted by Crippen LogP contribution is 2.14. The average Bonchev–Trinajstić information content (AvgIpc) is 3.06. The molecule has 1 unspecified atom stereocenters. The van der Waals surface area contributed by atoms with Crippen molar-refractivity contribution in [3.05, 3.63) is 47.3 Å². The summed E-state index contributed by atoms with van der Waals surface area (Å²) in [4.78, 5) is 4.21. The number of rotatable bonds is 7. The highest BCUT2D eigenvalue weighted by atomic mass is 16.5. The number of ether oxygens (including phenoxy) is 1. The van der Waals surface area contributed by atoms with Gasteiger partial charge in [-0.1, -0.05) is 36.7 Å². The molecule has 0 saturated carbocycles. The smallest absolute Gasteiger partial charge is 0.191 e. The van der Waals surface area contributed by atoms with Crippen molar-refractivity contribution in [2.24, 2.45) is 4.99 Å². The number of aromatic nitrogens is 1. The molecule has 2 rings (SSSR count). The van der Waals surface area contributed by atoms with E-state index in [-0.39, 0.29) is 6.10 Å². The van der Waals surface area contributed by atoms with Crippen LogP contribution in [0.3, 0.4) is 0 Å². The summed E-state index contributed by atoms with van der Waals surface area (Å²) in [6, 6.07) is 10.0. The zero-order valence-corrected chi connectivity index (χ0v) is 15.7. The van der Waals surface area contributed by atoms with Crippen LogP contribution in [0, 0.1) is 6.92 Å². The maximum atomic E-state index is 5.88. The summed E-state index contributed by atoms with van der Waals surface area (Å²) in [6.45, 7) is 9.43. The number of aryl methyl sites for hydroxylation is 1. The third-order valence-electron chi connectivity index (χ3n) is 3.74. The van der Waals surface area contributed by atoms with Gasteiger partial charge in [0.1, 0.15) is 11.9 Å². The first-order valence-corrected chi connectivity index (χ1v) is 8.61. The summed E-state index contributed by atoms with van der Waals surface area (Å²) in [5.41, 5.74) is 2.18. The normalized spacial score (nSPS) is 13.0.